The third-order valence-corrected chi connectivity index (χ3v) is 1.34. The molecule has 3 N–H and O–H groups in total. The van der Waals surface area contributed by atoms with Gasteiger partial charge in [0.05, 0.1) is 0 Å². The first kappa shape index (κ1) is 7.71. The number of primary amides is 1. The monoisotopic (exact) mass is 155 g/mol. The molecule has 0 aliphatic carbocycles. The minimum Gasteiger partial charge on any atom is -0.361 e. The Morgan fingerprint density at radius 1 is 1.82 bits per heavy atom. The maximum Gasteiger partial charge on any atom is 0.340 e. The molecule has 0 atom stereocenters. The number of H-pyrrole nitrogens is 1. The van der Waals surface area contributed by atoms with E-state index in [1.807, 2.05) is 13.8 Å². The second-order valence-electron chi connectivity index (χ2n) is 2.57. The van der Waals surface area contributed by atoms with Crippen LogP contribution in [0.2, 0.25) is 0 Å². The molecule has 0 fully saturated rings. The second kappa shape index (κ2) is 2.69. The molecule has 0 spiro atoms. The molecule has 11 heavy (non-hydrogen) atoms. The molecule has 0 radical (unpaired) electrons. The van der Waals surface area contributed by atoms with E-state index in [-0.39, 0.29) is 11.9 Å². The molecule has 5 nitrogen and oxygen atoms in total. The lowest BCUT2D eigenvalue weighted by atomic mass is 10.4. The number of nitrogens with two attached hydrogens (primary N) is 1. The number of hydrogen-bond donors (Lipinski definition) is 2. The van der Waals surface area contributed by atoms with Crippen molar-refractivity contribution in [3.8, 4) is 0 Å². The van der Waals surface area contributed by atoms with Crippen LogP contribution in [-0.4, -0.2) is 16.0 Å². The van der Waals surface area contributed by atoms with Gasteiger partial charge >= 0.3 is 18.1 Å². The zero-order chi connectivity index (χ0) is 8.43. The van der Waals surface area contributed by atoms with E-state index in [2.05, 4.69) is 10.1 Å². The fourth-order valence-electron chi connectivity index (χ4n) is 0.681. The van der Waals surface area contributed by atoms with Crippen LogP contribution in [0.25, 0.3) is 0 Å². The Bertz CT molecular complexity index is 265. The highest BCUT2D eigenvalue weighted by atomic mass is 16.1. The molecule has 1 aromatic heterocycles. The Hall–Kier alpha value is -1.39. The van der Waals surface area contributed by atoms with Gasteiger partial charge in [-0.25, -0.2) is 0 Å². The van der Waals surface area contributed by atoms with E-state index in [4.69, 9.17) is 5.73 Å². The Morgan fingerprint density at radius 2 is 2.45 bits per heavy atom. The largest absolute Gasteiger partial charge is 0.361 e. The first-order valence-electron chi connectivity index (χ1n) is 3.37. The Kier molecular flexibility index (Phi) is 1.89. The summed E-state index contributed by atoms with van der Waals surface area (Å²) in [6.45, 7) is 3.95. The number of nitrogens with zero attached hydrogens (tertiary/aromatic N) is 2. The molecule has 0 aromatic carbocycles. The van der Waals surface area contributed by atoms with Crippen LogP contribution in [0, 0.1) is 0 Å². The van der Waals surface area contributed by atoms with Crippen molar-refractivity contribution >= 4 is 5.91 Å². The molecule has 0 saturated carbocycles. The summed E-state index contributed by atoms with van der Waals surface area (Å²) >= 11 is 0. The molecule has 1 rings (SSSR count). The number of hydrogen-bond acceptors (Lipinski definition) is 2. The first-order chi connectivity index (χ1) is 5.11. The van der Waals surface area contributed by atoms with Crippen molar-refractivity contribution in [1.29, 1.82) is 0 Å². The van der Waals surface area contributed by atoms with Gasteiger partial charge in [-0.1, -0.05) is 0 Å². The maximum atomic E-state index is 10.6. The molecular formula is C6H11N4O+. The summed E-state index contributed by atoms with van der Waals surface area (Å²) in [7, 11) is 0. The molecule has 1 heterocycles. The van der Waals surface area contributed by atoms with E-state index in [1.54, 1.807) is 11.0 Å². The van der Waals surface area contributed by atoms with Gasteiger partial charge in [0.15, 0.2) is 0 Å². The molecule has 0 aliphatic rings. The second-order valence-corrected chi connectivity index (χ2v) is 2.57. The van der Waals surface area contributed by atoms with Gasteiger partial charge in [-0.2, -0.15) is 9.78 Å². The highest BCUT2D eigenvalue weighted by Crippen LogP contribution is 1.88. The number of aromatic nitrogens is 3. The van der Waals surface area contributed by atoms with Crippen molar-refractivity contribution in [3.63, 3.8) is 0 Å². The van der Waals surface area contributed by atoms with Crippen molar-refractivity contribution in [3.05, 3.63) is 12.2 Å². The summed E-state index contributed by atoms with van der Waals surface area (Å²) in [6.07, 6.45) is 1.55. The van der Waals surface area contributed by atoms with Gasteiger partial charge in [0.25, 0.3) is 0 Å². The van der Waals surface area contributed by atoms with E-state index in [1.165, 1.54) is 0 Å². The molecule has 0 aliphatic heterocycles. The van der Waals surface area contributed by atoms with E-state index in [0.717, 1.165) is 0 Å². The lowest BCUT2D eigenvalue weighted by Crippen LogP contribution is -2.38. The lowest BCUT2D eigenvalue weighted by molar-refractivity contribution is -0.769. The Labute approximate surface area is 64.2 Å². The molecule has 0 unspecified atom stereocenters. The number of carbonyl (C=O) groups excluding carboxylic acids is 1. The van der Waals surface area contributed by atoms with Crippen molar-refractivity contribution in [2.75, 3.05) is 0 Å². The van der Waals surface area contributed by atoms with E-state index in [0.29, 0.717) is 0 Å². The minimum atomic E-state index is -0.538. The molecule has 1 amide bonds. The van der Waals surface area contributed by atoms with E-state index in [9.17, 15) is 4.79 Å². The first-order valence-corrected chi connectivity index (χ1v) is 3.37. The summed E-state index contributed by atoms with van der Waals surface area (Å²) < 4.78 is 1.71. The SMILES string of the molecule is CC(C)[n+]1cnc(C(N)=O)[nH]1. The van der Waals surface area contributed by atoms with Crippen molar-refractivity contribution in [2.45, 2.75) is 19.9 Å². The van der Waals surface area contributed by atoms with Crippen LogP contribution in [0.4, 0.5) is 0 Å². The predicted molar refractivity (Wildman–Crippen MR) is 37.7 cm³/mol. The van der Waals surface area contributed by atoms with Gasteiger partial charge in [-0.3, -0.25) is 4.79 Å². The van der Waals surface area contributed by atoms with Crippen molar-refractivity contribution < 1.29 is 9.48 Å². The fourth-order valence-corrected chi connectivity index (χ4v) is 0.681. The molecule has 60 valence electrons. The number of aromatic amines is 1. The van der Waals surface area contributed by atoms with Crippen LogP contribution in [0.1, 0.15) is 30.5 Å². The zero-order valence-electron chi connectivity index (χ0n) is 6.53. The molecular weight excluding hydrogens is 144 g/mol. The van der Waals surface area contributed by atoms with Crippen LogP contribution in [-0.2, 0) is 0 Å². The number of carbonyl (C=O) groups is 1. The quantitative estimate of drug-likeness (QED) is 0.558. The minimum absolute atomic E-state index is 0.193. The summed E-state index contributed by atoms with van der Waals surface area (Å²) in [5, 5.41) is 2.74. The van der Waals surface area contributed by atoms with Crippen molar-refractivity contribution in [2.24, 2.45) is 5.73 Å². The highest BCUT2D eigenvalue weighted by molar-refractivity contribution is 5.88. The van der Waals surface area contributed by atoms with Crippen LogP contribution in [0.15, 0.2) is 6.33 Å². The van der Waals surface area contributed by atoms with Gasteiger partial charge in [0, 0.05) is 0 Å². The third kappa shape index (κ3) is 1.54. The number of nitrogens with one attached hydrogen (secondary N) is 1. The highest BCUT2D eigenvalue weighted by Gasteiger charge is 2.14. The maximum absolute atomic E-state index is 10.6. The average molecular weight is 155 g/mol. The Balaban J connectivity index is 2.90. The number of amides is 1. The van der Waals surface area contributed by atoms with E-state index >= 15 is 0 Å². The standard InChI is InChI=1S/C6H10N4O/c1-4(2)10-3-8-6(9-10)5(7)11/h3-4H,1-2H3,(H2,7,11)/p+1. The van der Waals surface area contributed by atoms with Crippen LogP contribution in [0.5, 0.6) is 0 Å². The molecule has 1 aromatic rings. The average Bonchev–Trinajstić information content (AvgIpc) is 2.33. The van der Waals surface area contributed by atoms with Gasteiger partial charge in [0.2, 0.25) is 0 Å². The van der Waals surface area contributed by atoms with Crippen molar-refractivity contribution in [1.82, 2.24) is 10.1 Å². The Morgan fingerprint density at radius 3 is 2.73 bits per heavy atom. The summed E-state index contributed by atoms with van der Waals surface area (Å²) in [5.41, 5.74) is 4.98. The third-order valence-electron chi connectivity index (χ3n) is 1.34. The normalized spacial score (nSPS) is 10.5. The summed E-state index contributed by atoms with van der Waals surface area (Å²) in [5.74, 6) is -0.344. The summed E-state index contributed by atoms with van der Waals surface area (Å²) in [6, 6.07) is 0.260. The zero-order valence-corrected chi connectivity index (χ0v) is 6.53. The van der Waals surface area contributed by atoms with Crippen LogP contribution >= 0.6 is 0 Å². The molecule has 5 heteroatoms. The van der Waals surface area contributed by atoms with Gasteiger partial charge < -0.3 is 5.73 Å². The van der Waals surface area contributed by atoms with Gasteiger partial charge in [-0.05, 0) is 18.8 Å². The topological polar surface area (TPSA) is 75.7 Å². The van der Waals surface area contributed by atoms with Crippen LogP contribution < -0.4 is 10.4 Å². The number of rotatable bonds is 2. The lowest BCUT2D eigenvalue weighted by Gasteiger charge is -1.94. The van der Waals surface area contributed by atoms with Crippen LogP contribution in [0.3, 0.4) is 0 Å². The smallest absolute Gasteiger partial charge is 0.340 e. The van der Waals surface area contributed by atoms with Gasteiger partial charge in [-0.15, -0.1) is 0 Å². The molecule has 0 saturated heterocycles. The predicted octanol–water partition coefficient (Wildman–Crippen LogP) is -0.623. The summed E-state index contributed by atoms with van der Waals surface area (Å²) in [4.78, 5) is 14.3. The molecule has 0 bridgehead atoms. The fraction of sp³-hybridized carbons (Fsp3) is 0.500. The van der Waals surface area contributed by atoms with Gasteiger partial charge in [0.1, 0.15) is 6.04 Å². The van der Waals surface area contributed by atoms with E-state index < -0.39 is 5.91 Å².